The number of likely N-dealkylation sites (N-methyl/N-ethyl adjacent to an activating group) is 1. The van der Waals surface area contributed by atoms with Gasteiger partial charge in [-0.1, -0.05) is 20.8 Å². The molecule has 1 atom stereocenters. The van der Waals surface area contributed by atoms with Crippen molar-refractivity contribution in [3.05, 3.63) is 24.0 Å². The molecule has 5 nitrogen and oxygen atoms in total. The minimum atomic E-state index is -0.0369. The second-order valence-electron chi connectivity index (χ2n) is 6.49. The third kappa shape index (κ3) is 6.89. The van der Waals surface area contributed by atoms with E-state index in [9.17, 15) is 0 Å². The highest BCUT2D eigenvalue weighted by Gasteiger charge is 2.15. The Bertz CT molecular complexity index is 418. The van der Waals surface area contributed by atoms with E-state index >= 15 is 0 Å². The summed E-state index contributed by atoms with van der Waals surface area (Å²) in [5.41, 5.74) is 7.31. The number of methoxy groups -OCH3 is 1. The summed E-state index contributed by atoms with van der Waals surface area (Å²) < 4.78 is 10.8. The van der Waals surface area contributed by atoms with Crippen LogP contribution in [0.5, 0.6) is 5.75 Å². The molecule has 0 unspecified atom stereocenters. The first-order valence-corrected chi connectivity index (χ1v) is 7.34. The van der Waals surface area contributed by atoms with Crippen molar-refractivity contribution in [3.8, 4) is 5.75 Å². The van der Waals surface area contributed by atoms with Gasteiger partial charge in [0, 0.05) is 26.4 Å². The van der Waals surface area contributed by atoms with E-state index in [1.807, 2.05) is 19.3 Å². The highest BCUT2D eigenvalue weighted by Crippen LogP contribution is 2.24. The summed E-state index contributed by atoms with van der Waals surface area (Å²) in [6.07, 6.45) is 3.61. The van der Waals surface area contributed by atoms with E-state index in [1.54, 1.807) is 13.3 Å². The van der Waals surface area contributed by atoms with E-state index in [2.05, 4.69) is 30.7 Å². The van der Waals surface area contributed by atoms with E-state index in [-0.39, 0.29) is 11.5 Å². The molecule has 0 aromatic carbocycles. The maximum absolute atomic E-state index is 6.09. The molecule has 0 aliphatic heterocycles. The SMILES string of the molecule is COCCN(C)C[C@H](N)COc1cncc(C(C)(C)C)c1. The molecule has 0 aliphatic carbocycles. The van der Waals surface area contributed by atoms with E-state index < -0.39 is 0 Å². The summed E-state index contributed by atoms with van der Waals surface area (Å²) in [6, 6.07) is 2.00. The molecule has 0 aliphatic rings. The standard InChI is InChI=1S/C16H29N3O2/c1-16(2,3)13-8-15(10-18-9-13)21-12-14(17)11-19(4)6-7-20-5/h8-10,14H,6-7,11-12,17H2,1-5H3/t14-/m0/s1. The third-order valence-electron chi connectivity index (χ3n) is 3.27. The molecular formula is C16H29N3O2. The minimum Gasteiger partial charge on any atom is -0.490 e. The molecule has 5 heteroatoms. The third-order valence-corrected chi connectivity index (χ3v) is 3.27. The second kappa shape index (κ2) is 8.32. The van der Waals surface area contributed by atoms with Crippen LogP contribution in [0.15, 0.2) is 18.5 Å². The number of nitrogens with zero attached hydrogens (tertiary/aromatic N) is 2. The van der Waals surface area contributed by atoms with Crippen molar-refractivity contribution in [2.45, 2.75) is 32.2 Å². The van der Waals surface area contributed by atoms with Crippen molar-refractivity contribution in [3.63, 3.8) is 0 Å². The van der Waals surface area contributed by atoms with Gasteiger partial charge in [0.25, 0.3) is 0 Å². The number of rotatable bonds is 8. The van der Waals surface area contributed by atoms with Gasteiger partial charge in [0.05, 0.1) is 18.8 Å². The Hall–Kier alpha value is -1.17. The zero-order valence-electron chi connectivity index (χ0n) is 13.9. The summed E-state index contributed by atoms with van der Waals surface area (Å²) in [6.45, 7) is 9.30. The fraction of sp³-hybridized carbons (Fsp3) is 0.688. The number of ether oxygens (including phenoxy) is 2. The van der Waals surface area contributed by atoms with Crippen molar-refractivity contribution in [1.82, 2.24) is 9.88 Å². The normalized spacial score (nSPS) is 13.5. The average Bonchev–Trinajstić information content (AvgIpc) is 2.42. The molecule has 1 heterocycles. The quantitative estimate of drug-likeness (QED) is 0.790. The number of hydrogen-bond acceptors (Lipinski definition) is 5. The summed E-state index contributed by atoms with van der Waals surface area (Å²) >= 11 is 0. The molecule has 1 rings (SSSR count). The van der Waals surface area contributed by atoms with Gasteiger partial charge >= 0.3 is 0 Å². The van der Waals surface area contributed by atoms with Crippen molar-refractivity contribution in [2.75, 3.05) is 40.5 Å². The molecule has 1 aromatic heterocycles. The van der Waals surface area contributed by atoms with Gasteiger partial charge in [-0.25, -0.2) is 0 Å². The first-order chi connectivity index (χ1) is 9.82. The average molecular weight is 295 g/mol. The smallest absolute Gasteiger partial charge is 0.137 e. The highest BCUT2D eigenvalue weighted by atomic mass is 16.5. The van der Waals surface area contributed by atoms with Crippen molar-refractivity contribution in [1.29, 1.82) is 0 Å². The molecule has 0 bridgehead atoms. The van der Waals surface area contributed by atoms with Gasteiger partial charge in [-0.05, 0) is 24.1 Å². The fourth-order valence-electron chi connectivity index (χ4n) is 1.90. The lowest BCUT2D eigenvalue weighted by Crippen LogP contribution is -2.40. The van der Waals surface area contributed by atoms with Crippen LogP contribution >= 0.6 is 0 Å². The predicted molar refractivity (Wildman–Crippen MR) is 85.8 cm³/mol. The van der Waals surface area contributed by atoms with Gasteiger partial charge in [-0.3, -0.25) is 4.98 Å². The van der Waals surface area contributed by atoms with Crippen LogP contribution in [-0.4, -0.2) is 56.4 Å². The van der Waals surface area contributed by atoms with Crippen LogP contribution in [-0.2, 0) is 10.2 Å². The van der Waals surface area contributed by atoms with Crippen molar-refractivity contribution in [2.24, 2.45) is 5.73 Å². The van der Waals surface area contributed by atoms with Crippen LogP contribution in [0.4, 0.5) is 0 Å². The van der Waals surface area contributed by atoms with Crippen LogP contribution in [0, 0.1) is 0 Å². The molecule has 0 radical (unpaired) electrons. The largest absolute Gasteiger partial charge is 0.490 e. The van der Waals surface area contributed by atoms with Crippen LogP contribution in [0.2, 0.25) is 0 Å². The van der Waals surface area contributed by atoms with Gasteiger partial charge in [0.1, 0.15) is 12.4 Å². The first kappa shape index (κ1) is 17.9. The predicted octanol–water partition coefficient (Wildman–Crippen LogP) is 1.66. The molecule has 2 N–H and O–H groups in total. The van der Waals surface area contributed by atoms with Crippen LogP contribution in [0.25, 0.3) is 0 Å². The Balaban J connectivity index is 2.44. The van der Waals surface area contributed by atoms with Crippen molar-refractivity contribution < 1.29 is 9.47 Å². The van der Waals surface area contributed by atoms with E-state index in [4.69, 9.17) is 15.2 Å². The molecule has 0 saturated heterocycles. The summed E-state index contributed by atoms with van der Waals surface area (Å²) in [5.74, 6) is 0.775. The molecular weight excluding hydrogens is 266 g/mol. The van der Waals surface area contributed by atoms with Gasteiger partial charge < -0.3 is 20.1 Å². The molecule has 0 amide bonds. The molecule has 21 heavy (non-hydrogen) atoms. The Morgan fingerprint density at radius 3 is 2.67 bits per heavy atom. The van der Waals surface area contributed by atoms with Gasteiger partial charge in [-0.15, -0.1) is 0 Å². The number of pyridine rings is 1. The van der Waals surface area contributed by atoms with E-state index in [1.165, 1.54) is 0 Å². The molecule has 1 aromatic rings. The first-order valence-electron chi connectivity index (χ1n) is 7.34. The summed E-state index contributed by atoms with van der Waals surface area (Å²) in [5, 5.41) is 0. The molecule has 120 valence electrons. The summed E-state index contributed by atoms with van der Waals surface area (Å²) in [4.78, 5) is 6.38. The summed E-state index contributed by atoms with van der Waals surface area (Å²) in [7, 11) is 3.73. The van der Waals surface area contributed by atoms with E-state index in [0.717, 1.165) is 24.4 Å². The van der Waals surface area contributed by atoms with E-state index in [0.29, 0.717) is 13.2 Å². The van der Waals surface area contributed by atoms with Gasteiger partial charge in [0.15, 0.2) is 0 Å². The van der Waals surface area contributed by atoms with Crippen molar-refractivity contribution >= 4 is 0 Å². The molecule has 0 saturated carbocycles. The topological polar surface area (TPSA) is 60.6 Å². The van der Waals surface area contributed by atoms with Crippen LogP contribution in [0.1, 0.15) is 26.3 Å². The molecule has 0 fully saturated rings. The second-order valence-corrected chi connectivity index (χ2v) is 6.49. The molecule has 0 spiro atoms. The number of hydrogen-bond donors (Lipinski definition) is 1. The maximum atomic E-state index is 6.09. The highest BCUT2D eigenvalue weighted by molar-refractivity contribution is 5.28. The Morgan fingerprint density at radius 1 is 1.33 bits per heavy atom. The van der Waals surface area contributed by atoms with Gasteiger partial charge in [0.2, 0.25) is 0 Å². The van der Waals surface area contributed by atoms with Crippen LogP contribution in [0.3, 0.4) is 0 Å². The Morgan fingerprint density at radius 2 is 2.05 bits per heavy atom. The van der Waals surface area contributed by atoms with Gasteiger partial charge in [-0.2, -0.15) is 0 Å². The zero-order valence-corrected chi connectivity index (χ0v) is 13.9. The Labute approximate surface area is 128 Å². The maximum Gasteiger partial charge on any atom is 0.137 e. The fourth-order valence-corrected chi connectivity index (χ4v) is 1.90. The lowest BCUT2D eigenvalue weighted by atomic mass is 9.88. The number of nitrogens with two attached hydrogens (primary N) is 1. The lowest BCUT2D eigenvalue weighted by molar-refractivity contribution is 0.152. The minimum absolute atomic E-state index is 0.0369. The lowest BCUT2D eigenvalue weighted by Gasteiger charge is -2.22. The monoisotopic (exact) mass is 295 g/mol. The zero-order chi connectivity index (χ0) is 15.9. The Kier molecular flexibility index (Phi) is 7.08. The van der Waals surface area contributed by atoms with Crippen LogP contribution < -0.4 is 10.5 Å². The number of aromatic nitrogens is 1.